The van der Waals surface area contributed by atoms with Crippen LogP contribution >= 0.6 is 0 Å². The average molecular weight is 283 g/mol. The van der Waals surface area contributed by atoms with Crippen LogP contribution in [-0.4, -0.2) is 34.4 Å². The summed E-state index contributed by atoms with van der Waals surface area (Å²) in [6.07, 6.45) is -0.0303. The van der Waals surface area contributed by atoms with Crippen LogP contribution in [0.3, 0.4) is 0 Å². The summed E-state index contributed by atoms with van der Waals surface area (Å²) < 4.78 is 1.56. The van der Waals surface area contributed by atoms with E-state index < -0.39 is 5.54 Å². The number of likely N-dealkylation sites (N-methyl/N-ethyl adjacent to an activating group) is 1. The summed E-state index contributed by atoms with van der Waals surface area (Å²) in [7, 11) is 1.45. The fourth-order valence-corrected chi connectivity index (χ4v) is 3.43. The zero-order valence-corrected chi connectivity index (χ0v) is 11.6. The molecule has 0 saturated carbocycles. The molecule has 1 spiro atoms. The van der Waals surface area contributed by atoms with Crippen LogP contribution in [0.5, 0.6) is 0 Å². The Balaban J connectivity index is 2.11. The smallest absolute Gasteiger partial charge is 0.318 e. The van der Waals surface area contributed by atoms with Crippen molar-refractivity contribution in [2.24, 2.45) is 0 Å². The number of benzene rings is 1. The number of nitrogens with one attached hydrogen (secondary N) is 1. The number of imide groups is 1. The molecule has 3 amide bonds. The van der Waals surface area contributed by atoms with E-state index in [0.29, 0.717) is 5.56 Å². The number of carbonyl (C=O) groups is 3. The van der Waals surface area contributed by atoms with Gasteiger partial charge in [-0.1, -0.05) is 18.2 Å². The number of nitrogens with zero attached hydrogens (tertiary/aromatic N) is 2. The first-order valence-corrected chi connectivity index (χ1v) is 6.71. The summed E-state index contributed by atoms with van der Waals surface area (Å²) in [6.45, 7) is 1.84. The number of fused-ring (bicyclic) bond motifs is 1. The summed E-state index contributed by atoms with van der Waals surface area (Å²) in [5.41, 5.74) is 0.948. The fraction of sp³-hybridized carbons (Fsp3) is 0.267. The highest BCUT2D eigenvalue weighted by Gasteiger charge is 2.55. The molecule has 6 nitrogen and oxygen atoms in total. The van der Waals surface area contributed by atoms with Crippen molar-refractivity contribution in [3.63, 3.8) is 0 Å². The van der Waals surface area contributed by atoms with Crippen LogP contribution in [0.25, 0.3) is 10.9 Å². The Morgan fingerprint density at radius 2 is 2.00 bits per heavy atom. The van der Waals surface area contributed by atoms with Crippen molar-refractivity contribution in [3.05, 3.63) is 35.5 Å². The van der Waals surface area contributed by atoms with Crippen molar-refractivity contribution in [3.8, 4) is 0 Å². The molecule has 21 heavy (non-hydrogen) atoms. The molecule has 3 heterocycles. The van der Waals surface area contributed by atoms with Gasteiger partial charge in [-0.3, -0.25) is 19.1 Å². The normalized spacial score (nSPS) is 24.3. The third kappa shape index (κ3) is 1.25. The van der Waals surface area contributed by atoms with Gasteiger partial charge in [-0.2, -0.15) is 0 Å². The molecule has 1 saturated heterocycles. The molecule has 0 bridgehead atoms. The molecule has 2 aliphatic heterocycles. The van der Waals surface area contributed by atoms with Gasteiger partial charge in [0.15, 0.2) is 5.54 Å². The molecule has 1 atom stereocenters. The van der Waals surface area contributed by atoms with Crippen molar-refractivity contribution in [2.75, 3.05) is 7.05 Å². The van der Waals surface area contributed by atoms with Crippen LogP contribution in [0.2, 0.25) is 0 Å². The molecule has 6 heteroatoms. The maximum absolute atomic E-state index is 12.6. The second-order valence-electron chi connectivity index (χ2n) is 5.63. The second kappa shape index (κ2) is 3.52. The van der Waals surface area contributed by atoms with Crippen molar-refractivity contribution in [1.29, 1.82) is 0 Å². The largest absolute Gasteiger partial charge is 0.327 e. The number of aryl methyl sites for hydroxylation is 1. The quantitative estimate of drug-likeness (QED) is 0.736. The van der Waals surface area contributed by atoms with E-state index in [1.165, 1.54) is 7.05 Å². The minimum Gasteiger partial charge on any atom is -0.318 e. The summed E-state index contributed by atoms with van der Waals surface area (Å²) >= 11 is 0. The zero-order valence-electron chi connectivity index (χ0n) is 11.6. The molecule has 1 unspecified atom stereocenters. The molecule has 1 aromatic heterocycles. The summed E-state index contributed by atoms with van der Waals surface area (Å²) in [6, 6.07) is 7.10. The van der Waals surface area contributed by atoms with Gasteiger partial charge in [-0.15, -0.1) is 0 Å². The third-order valence-electron chi connectivity index (χ3n) is 4.45. The number of amides is 3. The van der Waals surface area contributed by atoms with Crippen LogP contribution < -0.4 is 5.32 Å². The SMILES string of the molecule is Cc1cc2cccc3c2n1C(=O)NC31CC(=O)N(C)C1=O. The van der Waals surface area contributed by atoms with E-state index in [4.69, 9.17) is 0 Å². The Labute approximate surface area is 120 Å². The maximum atomic E-state index is 12.6. The van der Waals surface area contributed by atoms with E-state index in [1.807, 2.05) is 31.2 Å². The number of likely N-dealkylation sites (tertiary alicyclic amines) is 1. The van der Waals surface area contributed by atoms with E-state index >= 15 is 0 Å². The first-order valence-electron chi connectivity index (χ1n) is 6.71. The number of rotatable bonds is 0. The Bertz CT molecular complexity index is 851. The lowest BCUT2D eigenvalue weighted by Gasteiger charge is -2.33. The Morgan fingerprint density at radius 3 is 2.67 bits per heavy atom. The topological polar surface area (TPSA) is 71.4 Å². The molecule has 2 aliphatic rings. The maximum Gasteiger partial charge on any atom is 0.327 e. The van der Waals surface area contributed by atoms with Gasteiger partial charge in [0.2, 0.25) is 5.91 Å². The standard InChI is InChI=1S/C15H13N3O3/c1-8-6-9-4-3-5-10-12(9)18(8)14(21)16-15(10)7-11(19)17(2)13(15)20/h3-6H,7H2,1-2H3,(H,16,21). The molecule has 4 rings (SSSR count). The molecular weight excluding hydrogens is 270 g/mol. The van der Waals surface area contributed by atoms with Gasteiger partial charge in [0.25, 0.3) is 5.91 Å². The number of carbonyl (C=O) groups excluding carboxylic acids is 3. The predicted octanol–water partition coefficient (Wildman–Crippen LogP) is 1.11. The number of para-hydroxylation sites is 1. The molecule has 1 N–H and O–H groups in total. The number of hydrogen-bond acceptors (Lipinski definition) is 3. The van der Waals surface area contributed by atoms with Crippen LogP contribution in [0.15, 0.2) is 24.3 Å². The minimum atomic E-state index is -1.26. The molecule has 1 aromatic carbocycles. The molecule has 1 fully saturated rings. The van der Waals surface area contributed by atoms with E-state index in [9.17, 15) is 14.4 Å². The predicted molar refractivity (Wildman–Crippen MR) is 74.7 cm³/mol. The molecule has 2 aromatic rings. The molecule has 106 valence electrons. The van der Waals surface area contributed by atoms with Gasteiger partial charge >= 0.3 is 6.03 Å². The molecule has 0 radical (unpaired) electrons. The van der Waals surface area contributed by atoms with Gasteiger partial charge in [0, 0.05) is 23.7 Å². The van der Waals surface area contributed by atoms with Crippen LogP contribution in [0.1, 0.15) is 17.7 Å². The van der Waals surface area contributed by atoms with Crippen molar-refractivity contribution < 1.29 is 14.4 Å². The average Bonchev–Trinajstić information content (AvgIpc) is 2.88. The van der Waals surface area contributed by atoms with Crippen LogP contribution in [0.4, 0.5) is 4.79 Å². The first-order chi connectivity index (χ1) is 9.95. The summed E-state index contributed by atoms with van der Waals surface area (Å²) in [4.78, 5) is 38.1. The lowest BCUT2D eigenvalue weighted by molar-refractivity contribution is -0.138. The van der Waals surface area contributed by atoms with Crippen molar-refractivity contribution in [1.82, 2.24) is 14.8 Å². The molecular formula is C15H13N3O3. The van der Waals surface area contributed by atoms with Crippen molar-refractivity contribution >= 4 is 28.7 Å². The highest BCUT2D eigenvalue weighted by Crippen LogP contribution is 2.41. The highest BCUT2D eigenvalue weighted by atomic mass is 16.2. The Hall–Kier alpha value is -2.63. The minimum absolute atomic E-state index is 0.0303. The summed E-state index contributed by atoms with van der Waals surface area (Å²) in [5.74, 6) is -0.660. The van der Waals surface area contributed by atoms with E-state index in [0.717, 1.165) is 21.5 Å². The number of hydrogen-bond donors (Lipinski definition) is 1. The van der Waals surface area contributed by atoms with Gasteiger partial charge < -0.3 is 5.32 Å². The van der Waals surface area contributed by atoms with Gasteiger partial charge in [-0.05, 0) is 13.0 Å². The highest BCUT2D eigenvalue weighted by molar-refractivity contribution is 6.13. The molecule has 0 aliphatic carbocycles. The Kier molecular flexibility index (Phi) is 2.03. The number of aromatic nitrogens is 1. The van der Waals surface area contributed by atoms with Crippen molar-refractivity contribution in [2.45, 2.75) is 18.9 Å². The second-order valence-corrected chi connectivity index (χ2v) is 5.63. The van der Waals surface area contributed by atoms with Gasteiger partial charge in [-0.25, -0.2) is 4.79 Å². The van der Waals surface area contributed by atoms with Gasteiger partial charge in [0.1, 0.15) is 0 Å². The van der Waals surface area contributed by atoms with Crippen LogP contribution in [0, 0.1) is 6.92 Å². The fourth-order valence-electron chi connectivity index (χ4n) is 3.43. The lowest BCUT2D eigenvalue weighted by atomic mass is 9.85. The van der Waals surface area contributed by atoms with E-state index in [2.05, 4.69) is 5.32 Å². The Morgan fingerprint density at radius 1 is 1.24 bits per heavy atom. The lowest BCUT2D eigenvalue weighted by Crippen LogP contribution is -2.55. The third-order valence-corrected chi connectivity index (χ3v) is 4.45. The zero-order chi connectivity index (χ0) is 14.9. The van der Waals surface area contributed by atoms with Crippen LogP contribution in [-0.2, 0) is 15.1 Å². The van der Waals surface area contributed by atoms with E-state index in [1.54, 1.807) is 4.57 Å². The van der Waals surface area contributed by atoms with E-state index in [-0.39, 0.29) is 24.3 Å². The first kappa shape index (κ1) is 12.1. The monoisotopic (exact) mass is 283 g/mol. The van der Waals surface area contributed by atoms with Gasteiger partial charge in [0.05, 0.1) is 11.9 Å². The summed E-state index contributed by atoms with van der Waals surface area (Å²) in [5, 5.41) is 3.65.